The van der Waals surface area contributed by atoms with Crippen LogP contribution in [0.25, 0.3) is 0 Å². The molecule has 17 heavy (non-hydrogen) atoms. The number of aliphatic carboxylic acids is 1. The van der Waals surface area contributed by atoms with Crippen molar-refractivity contribution in [2.45, 2.75) is 31.2 Å². The first-order valence-corrected chi connectivity index (χ1v) is 6.15. The van der Waals surface area contributed by atoms with Crippen LogP contribution in [0.3, 0.4) is 0 Å². The van der Waals surface area contributed by atoms with Gasteiger partial charge in [-0.3, -0.25) is 0 Å². The number of urea groups is 1. The van der Waals surface area contributed by atoms with Crippen molar-refractivity contribution in [1.82, 2.24) is 15.5 Å². The molecule has 1 saturated heterocycles. The summed E-state index contributed by atoms with van der Waals surface area (Å²) in [7, 11) is 0. The Morgan fingerprint density at radius 1 is 1.18 bits per heavy atom. The van der Waals surface area contributed by atoms with Crippen molar-refractivity contribution in [2.75, 3.05) is 26.2 Å². The Hall–Kier alpha value is -1.30. The van der Waals surface area contributed by atoms with Crippen molar-refractivity contribution < 1.29 is 14.7 Å². The highest BCUT2D eigenvalue weighted by Crippen LogP contribution is 2.30. The van der Waals surface area contributed by atoms with E-state index >= 15 is 0 Å². The van der Waals surface area contributed by atoms with Crippen molar-refractivity contribution in [2.24, 2.45) is 0 Å². The van der Waals surface area contributed by atoms with Crippen LogP contribution in [0.15, 0.2) is 0 Å². The molecule has 2 aliphatic rings. The van der Waals surface area contributed by atoms with Crippen LogP contribution in [-0.2, 0) is 4.79 Å². The molecule has 0 aromatic rings. The molecule has 0 aromatic carbocycles. The van der Waals surface area contributed by atoms with E-state index in [1.54, 1.807) is 4.90 Å². The summed E-state index contributed by atoms with van der Waals surface area (Å²) in [5.41, 5.74) is -1.03. The maximum atomic E-state index is 12.0. The Labute approximate surface area is 100 Å². The predicted molar refractivity (Wildman–Crippen MR) is 61.8 cm³/mol. The quantitative estimate of drug-likeness (QED) is 0.635. The van der Waals surface area contributed by atoms with E-state index in [2.05, 4.69) is 10.6 Å². The highest BCUT2D eigenvalue weighted by atomic mass is 16.4. The van der Waals surface area contributed by atoms with Gasteiger partial charge in [-0.2, -0.15) is 0 Å². The molecular formula is C11H19N3O3. The van der Waals surface area contributed by atoms with Gasteiger partial charge in [0.05, 0.1) is 0 Å². The highest BCUT2D eigenvalue weighted by Gasteiger charge is 2.43. The molecule has 3 N–H and O–H groups in total. The summed E-state index contributed by atoms with van der Waals surface area (Å²) < 4.78 is 0. The zero-order valence-corrected chi connectivity index (χ0v) is 9.87. The van der Waals surface area contributed by atoms with Crippen LogP contribution in [0.5, 0.6) is 0 Å². The third kappa shape index (κ3) is 2.52. The fraction of sp³-hybridized carbons (Fsp3) is 0.818. The Morgan fingerprint density at radius 2 is 1.76 bits per heavy atom. The minimum atomic E-state index is -1.03. The van der Waals surface area contributed by atoms with E-state index in [1.807, 2.05) is 0 Å². The van der Waals surface area contributed by atoms with Crippen molar-refractivity contribution in [3.8, 4) is 0 Å². The number of amides is 2. The lowest BCUT2D eigenvalue weighted by Gasteiger charge is -2.32. The maximum Gasteiger partial charge on any atom is 0.329 e. The van der Waals surface area contributed by atoms with Crippen LogP contribution in [-0.4, -0.2) is 53.7 Å². The van der Waals surface area contributed by atoms with Gasteiger partial charge in [0.1, 0.15) is 5.54 Å². The molecule has 96 valence electrons. The first kappa shape index (κ1) is 12.2. The van der Waals surface area contributed by atoms with Gasteiger partial charge < -0.3 is 20.6 Å². The smallest absolute Gasteiger partial charge is 0.329 e. The lowest BCUT2D eigenvalue weighted by atomic mass is 9.98. The van der Waals surface area contributed by atoms with Crippen molar-refractivity contribution in [3.63, 3.8) is 0 Å². The van der Waals surface area contributed by atoms with Gasteiger partial charge in [-0.05, 0) is 12.8 Å². The zero-order chi connectivity index (χ0) is 12.3. The van der Waals surface area contributed by atoms with E-state index < -0.39 is 11.5 Å². The van der Waals surface area contributed by atoms with E-state index in [0.717, 1.165) is 25.9 Å². The molecule has 6 nitrogen and oxygen atoms in total. The van der Waals surface area contributed by atoms with Crippen molar-refractivity contribution in [1.29, 1.82) is 0 Å². The van der Waals surface area contributed by atoms with Gasteiger partial charge >= 0.3 is 12.0 Å². The molecule has 2 amide bonds. The molecule has 0 spiro atoms. The Balaban J connectivity index is 1.98. The van der Waals surface area contributed by atoms with Crippen LogP contribution in [0, 0.1) is 0 Å². The minimum Gasteiger partial charge on any atom is -0.480 e. The molecule has 2 rings (SSSR count). The van der Waals surface area contributed by atoms with Crippen LogP contribution < -0.4 is 10.6 Å². The summed E-state index contributed by atoms with van der Waals surface area (Å²) in [5, 5.41) is 15.1. The molecular weight excluding hydrogens is 222 g/mol. The number of carboxylic acid groups (broad SMARTS) is 1. The summed E-state index contributed by atoms with van der Waals surface area (Å²) in [6.07, 6.45) is 2.82. The summed E-state index contributed by atoms with van der Waals surface area (Å²) in [6.45, 7) is 2.82. The second-order valence-electron chi connectivity index (χ2n) is 4.76. The van der Waals surface area contributed by atoms with E-state index in [0.29, 0.717) is 25.9 Å². The maximum absolute atomic E-state index is 12.0. The molecule has 2 fully saturated rings. The molecule has 1 heterocycles. The first-order valence-electron chi connectivity index (χ1n) is 6.15. The molecule has 1 aliphatic heterocycles. The molecule has 0 atom stereocenters. The lowest BCUT2D eigenvalue weighted by Crippen LogP contribution is -2.59. The summed E-state index contributed by atoms with van der Waals surface area (Å²) in [6, 6.07) is -0.240. The van der Waals surface area contributed by atoms with E-state index in [1.165, 1.54) is 0 Å². The van der Waals surface area contributed by atoms with Crippen LogP contribution in [0.2, 0.25) is 0 Å². The normalized spacial score (nSPS) is 23.4. The SMILES string of the molecule is O=C(NC1(C(=O)O)CCCC1)N1CCNCC1. The average molecular weight is 241 g/mol. The summed E-state index contributed by atoms with van der Waals surface area (Å²) >= 11 is 0. The molecule has 0 radical (unpaired) electrons. The molecule has 1 saturated carbocycles. The van der Waals surface area contributed by atoms with Crippen LogP contribution >= 0.6 is 0 Å². The summed E-state index contributed by atoms with van der Waals surface area (Å²) in [5.74, 6) is -0.904. The van der Waals surface area contributed by atoms with E-state index in [-0.39, 0.29) is 6.03 Å². The zero-order valence-electron chi connectivity index (χ0n) is 9.87. The fourth-order valence-corrected chi connectivity index (χ4v) is 2.52. The number of carboxylic acids is 1. The number of nitrogens with one attached hydrogen (secondary N) is 2. The number of nitrogens with zero attached hydrogens (tertiary/aromatic N) is 1. The first-order chi connectivity index (χ1) is 8.14. The number of carbonyl (C=O) groups is 2. The second kappa shape index (κ2) is 4.91. The Morgan fingerprint density at radius 3 is 2.29 bits per heavy atom. The van der Waals surface area contributed by atoms with Gasteiger partial charge in [-0.25, -0.2) is 9.59 Å². The monoisotopic (exact) mass is 241 g/mol. The molecule has 0 aromatic heterocycles. The number of hydrogen-bond acceptors (Lipinski definition) is 3. The molecule has 0 bridgehead atoms. The standard InChI is InChI=1S/C11H19N3O3/c15-9(16)11(3-1-2-4-11)13-10(17)14-7-5-12-6-8-14/h12H,1-8H2,(H,13,17)(H,15,16). The topological polar surface area (TPSA) is 81.7 Å². The molecule has 1 aliphatic carbocycles. The lowest BCUT2D eigenvalue weighted by molar-refractivity contribution is -0.144. The number of rotatable bonds is 2. The third-order valence-corrected chi connectivity index (χ3v) is 3.62. The second-order valence-corrected chi connectivity index (χ2v) is 4.76. The van der Waals surface area contributed by atoms with Crippen molar-refractivity contribution in [3.05, 3.63) is 0 Å². The predicted octanol–water partition coefficient (Wildman–Crippen LogP) is -0.00140. The van der Waals surface area contributed by atoms with Gasteiger partial charge in [0.2, 0.25) is 0 Å². The molecule has 6 heteroatoms. The van der Waals surface area contributed by atoms with Gasteiger partial charge in [0.15, 0.2) is 0 Å². The number of hydrogen-bond donors (Lipinski definition) is 3. The third-order valence-electron chi connectivity index (χ3n) is 3.62. The Bertz CT molecular complexity index is 307. The molecule has 0 unspecified atom stereocenters. The van der Waals surface area contributed by atoms with Crippen LogP contribution in [0.1, 0.15) is 25.7 Å². The van der Waals surface area contributed by atoms with Crippen molar-refractivity contribution >= 4 is 12.0 Å². The van der Waals surface area contributed by atoms with Gasteiger partial charge in [-0.1, -0.05) is 12.8 Å². The van der Waals surface area contributed by atoms with Gasteiger partial charge in [0.25, 0.3) is 0 Å². The largest absolute Gasteiger partial charge is 0.480 e. The van der Waals surface area contributed by atoms with E-state index in [9.17, 15) is 14.7 Å². The average Bonchev–Trinajstić information content (AvgIpc) is 2.80. The number of carbonyl (C=O) groups excluding carboxylic acids is 1. The fourth-order valence-electron chi connectivity index (χ4n) is 2.52. The van der Waals surface area contributed by atoms with Gasteiger partial charge in [0, 0.05) is 26.2 Å². The van der Waals surface area contributed by atoms with E-state index in [4.69, 9.17) is 0 Å². The van der Waals surface area contributed by atoms with Crippen LogP contribution in [0.4, 0.5) is 4.79 Å². The number of piperazine rings is 1. The Kier molecular flexibility index (Phi) is 3.51. The van der Waals surface area contributed by atoms with Gasteiger partial charge in [-0.15, -0.1) is 0 Å². The minimum absolute atomic E-state index is 0.240. The highest BCUT2D eigenvalue weighted by molar-refractivity contribution is 5.86. The summed E-state index contributed by atoms with van der Waals surface area (Å²) in [4.78, 5) is 25.0.